The molecule has 0 aliphatic rings. The van der Waals surface area contributed by atoms with Crippen molar-refractivity contribution in [1.82, 2.24) is 4.98 Å². The van der Waals surface area contributed by atoms with E-state index in [1.54, 1.807) is 12.3 Å². The van der Waals surface area contributed by atoms with Gasteiger partial charge in [-0.2, -0.15) is 0 Å². The molecule has 0 bridgehead atoms. The van der Waals surface area contributed by atoms with Crippen LogP contribution in [0.2, 0.25) is 5.15 Å². The average molecular weight is 346 g/mol. The van der Waals surface area contributed by atoms with Gasteiger partial charge in [0, 0.05) is 21.4 Å². The zero-order chi connectivity index (χ0) is 11.5. The van der Waals surface area contributed by atoms with Crippen molar-refractivity contribution in [1.29, 1.82) is 0 Å². The van der Waals surface area contributed by atoms with Gasteiger partial charge in [0.25, 0.3) is 0 Å². The summed E-state index contributed by atoms with van der Waals surface area (Å²) in [5.74, 6) is 1.53. The van der Waals surface area contributed by atoms with Crippen LogP contribution in [0.1, 0.15) is 5.56 Å². The van der Waals surface area contributed by atoms with Crippen LogP contribution in [0.15, 0.2) is 36.5 Å². The zero-order valence-corrected chi connectivity index (χ0v) is 11.5. The Hall–Kier alpha value is -0.810. The monoisotopic (exact) mass is 345 g/mol. The summed E-state index contributed by atoms with van der Waals surface area (Å²) < 4.78 is 6.89. The minimum absolute atomic E-state index is 0.436. The molecule has 2 nitrogen and oxygen atoms in total. The maximum Gasteiger partial charge on any atom is 0.134 e. The minimum atomic E-state index is 0.436. The molecule has 0 saturated carbocycles. The lowest BCUT2D eigenvalue weighted by atomic mass is 10.3. The largest absolute Gasteiger partial charge is 0.457 e. The lowest BCUT2D eigenvalue weighted by molar-refractivity contribution is 0.478. The van der Waals surface area contributed by atoms with Crippen molar-refractivity contribution in [3.63, 3.8) is 0 Å². The van der Waals surface area contributed by atoms with Gasteiger partial charge in [-0.05, 0) is 53.8 Å². The normalized spacial score (nSPS) is 10.2. The van der Waals surface area contributed by atoms with E-state index in [9.17, 15) is 0 Å². The number of aromatic nitrogens is 1. The fraction of sp³-hybridized carbons (Fsp3) is 0.0833. The Balaban J connectivity index is 2.26. The van der Waals surface area contributed by atoms with E-state index in [1.165, 1.54) is 3.57 Å². The summed E-state index contributed by atoms with van der Waals surface area (Å²) in [4.78, 5) is 3.98. The van der Waals surface area contributed by atoms with Crippen LogP contribution in [0.4, 0.5) is 0 Å². The molecule has 1 aromatic carbocycles. The molecular weight excluding hydrogens is 336 g/mol. The van der Waals surface area contributed by atoms with Crippen molar-refractivity contribution in [2.75, 3.05) is 0 Å². The third kappa shape index (κ3) is 2.86. The number of ether oxygens (including phenoxy) is 1. The number of benzene rings is 1. The molecule has 16 heavy (non-hydrogen) atoms. The molecule has 0 N–H and O–H groups in total. The molecule has 1 heterocycles. The van der Waals surface area contributed by atoms with E-state index in [4.69, 9.17) is 16.3 Å². The van der Waals surface area contributed by atoms with E-state index in [2.05, 4.69) is 27.6 Å². The Morgan fingerprint density at radius 3 is 2.62 bits per heavy atom. The quantitative estimate of drug-likeness (QED) is 0.593. The molecule has 0 atom stereocenters. The van der Waals surface area contributed by atoms with Gasteiger partial charge in [-0.3, -0.25) is 0 Å². The van der Waals surface area contributed by atoms with Crippen LogP contribution >= 0.6 is 34.2 Å². The van der Waals surface area contributed by atoms with Crippen molar-refractivity contribution in [3.8, 4) is 11.5 Å². The summed E-state index contributed by atoms with van der Waals surface area (Å²) in [5, 5.41) is 0.436. The molecule has 1 aromatic heterocycles. The standard InChI is InChI=1S/C12H9ClINO/c1-8-7-15-12(13)6-11(8)16-10-4-2-9(14)3-5-10/h2-7H,1H3. The molecule has 2 rings (SSSR count). The molecule has 0 amide bonds. The van der Waals surface area contributed by atoms with Crippen LogP contribution < -0.4 is 4.74 Å². The van der Waals surface area contributed by atoms with E-state index in [0.29, 0.717) is 5.15 Å². The predicted molar refractivity (Wildman–Crippen MR) is 73.2 cm³/mol. The molecule has 0 fully saturated rings. The Bertz CT molecular complexity index is 499. The highest BCUT2D eigenvalue weighted by molar-refractivity contribution is 14.1. The first-order valence-electron chi connectivity index (χ1n) is 4.71. The molecule has 0 aliphatic heterocycles. The fourth-order valence-electron chi connectivity index (χ4n) is 1.22. The molecule has 4 heteroatoms. The smallest absolute Gasteiger partial charge is 0.134 e. The van der Waals surface area contributed by atoms with Crippen LogP contribution in [0.3, 0.4) is 0 Å². The Kier molecular flexibility index (Phi) is 3.66. The molecule has 0 spiro atoms. The van der Waals surface area contributed by atoms with E-state index in [-0.39, 0.29) is 0 Å². The van der Waals surface area contributed by atoms with Crippen LogP contribution in [0.5, 0.6) is 11.5 Å². The summed E-state index contributed by atoms with van der Waals surface area (Å²) in [7, 11) is 0. The first-order chi connectivity index (χ1) is 7.65. The maximum atomic E-state index is 5.82. The van der Waals surface area contributed by atoms with Gasteiger partial charge in [-0.25, -0.2) is 4.98 Å². The molecular formula is C12H9ClINO. The zero-order valence-electron chi connectivity index (χ0n) is 8.58. The first kappa shape index (κ1) is 11.7. The van der Waals surface area contributed by atoms with Crippen LogP contribution in [0.25, 0.3) is 0 Å². The summed E-state index contributed by atoms with van der Waals surface area (Å²) in [6.45, 7) is 1.94. The molecule has 0 saturated heterocycles. The average Bonchev–Trinajstić information content (AvgIpc) is 2.27. The Morgan fingerprint density at radius 2 is 1.94 bits per heavy atom. The summed E-state index contributed by atoms with van der Waals surface area (Å²) >= 11 is 8.07. The maximum absolute atomic E-state index is 5.82. The fourth-order valence-corrected chi connectivity index (χ4v) is 1.73. The number of hydrogen-bond donors (Lipinski definition) is 0. The van der Waals surface area contributed by atoms with Gasteiger partial charge in [0.15, 0.2) is 0 Å². The van der Waals surface area contributed by atoms with Crippen LogP contribution in [0, 0.1) is 10.5 Å². The highest BCUT2D eigenvalue weighted by Crippen LogP contribution is 2.26. The second-order valence-electron chi connectivity index (χ2n) is 3.33. The summed E-state index contributed by atoms with van der Waals surface area (Å²) in [6, 6.07) is 9.56. The van der Waals surface area contributed by atoms with Gasteiger partial charge in [0.1, 0.15) is 16.7 Å². The molecule has 0 radical (unpaired) electrons. The van der Waals surface area contributed by atoms with E-state index in [1.807, 2.05) is 31.2 Å². The number of nitrogens with zero attached hydrogens (tertiary/aromatic N) is 1. The van der Waals surface area contributed by atoms with Crippen molar-refractivity contribution in [3.05, 3.63) is 50.8 Å². The molecule has 0 unspecified atom stereocenters. The van der Waals surface area contributed by atoms with Gasteiger partial charge in [0.2, 0.25) is 0 Å². The third-order valence-corrected chi connectivity index (χ3v) is 2.99. The number of hydrogen-bond acceptors (Lipinski definition) is 2. The number of halogens is 2. The SMILES string of the molecule is Cc1cnc(Cl)cc1Oc1ccc(I)cc1. The van der Waals surface area contributed by atoms with Gasteiger partial charge < -0.3 is 4.74 Å². The highest BCUT2D eigenvalue weighted by Gasteiger charge is 2.03. The van der Waals surface area contributed by atoms with Crippen molar-refractivity contribution in [2.24, 2.45) is 0 Å². The molecule has 2 aromatic rings. The topological polar surface area (TPSA) is 22.1 Å². The molecule has 82 valence electrons. The van der Waals surface area contributed by atoms with E-state index >= 15 is 0 Å². The first-order valence-corrected chi connectivity index (χ1v) is 6.16. The van der Waals surface area contributed by atoms with Gasteiger partial charge in [-0.1, -0.05) is 11.6 Å². The van der Waals surface area contributed by atoms with Crippen molar-refractivity contribution < 1.29 is 4.74 Å². The highest BCUT2D eigenvalue weighted by atomic mass is 127. The summed E-state index contributed by atoms with van der Waals surface area (Å²) in [5.41, 5.74) is 0.961. The third-order valence-electron chi connectivity index (χ3n) is 2.06. The van der Waals surface area contributed by atoms with E-state index in [0.717, 1.165) is 17.1 Å². The number of pyridine rings is 1. The van der Waals surface area contributed by atoms with Gasteiger partial charge in [0.05, 0.1) is 0 Å². The Labute approximate surface area is 113 Å². The van der Waals surface area contributed by atoms with Gasteiger partial charge in [-0.15, -0.1) is 0 Å². The van der Waals surface area contributed by atoms with Crippen LogP contribution in [-0.4, -0.2) is 4.98 Å². The molecule has 0 aliphatic carbocycles. The van der Waals surface area contributed by atoms with Gasteiger partial charge >= 0.3 is 0 Å². The lowest BCUT2D eigenvalue weighted by Crippen LogP contribution is -1.89. The Morgan fingerprint density at radius 1 is 1.25 bits per heavy atom. The minimum Gasteiger partial charge on any atom is -0.457 e. The van der Waals surface area contributed by atoms with Crippen molar-refractivity contribution in [2.45, 2.75) is 6.92 Å². The predicted octanol–water partition coefficient (Wildman–Crippen LogP) is 4.44. The van der Waals surface area contributed by atoms with Crippen LogP contribution in [-0.2, 0) is 0 Å². The van der Waals surface area contributed by atoms with Crippen molar-refractivity contribution >= 4 is 34.2 Å². The second-order valence-corrected chi connectivity index (χ2v) is 4.96. The number of rotatable bonds is 2. The lowest BCUT2D eigenvalue weighted by Gasteiger charge is -2.08. The second kappa shape index (κ2) is 5.01. The number of aryl methyl sites for hydroxylation is 1. The summed E-state index contributed by atoms with van der Waals surface area (Å²) in [6.07, 6.45) is 1.70. The van der Waals surface area contributed by atoms with E-state index < -0.39 is 0 Å².